The molecule has 0 N–H and O–H groups in total. The molecule has 1 aromatic carbocycles. The van der Waals surface area contributed by atoms with Crippen molar-refractivity contribution >= 4 is 21.8 Å². The number of hydrogen-bond acceptors (Lipinski definition) is 4. The highest BCUT2D eigenvalue weighted by Crippen LogP contribution is 2.29. The zero-order chi connectivity index (χ0) is 17.8. The highest BCUT2D eigenvalue weighted by Gasteiger charge is 2.31. The van der Waals surface area contributed by atoms with Crippen LogP contribution in [0, 0.1) is 5.92 Å². The van der Waals surface area contributed by atoms with Gasteiger partial charge in [-0.05, 0) is 50.5 Å². The summed E-state index contributed by atoms with van der Waals surface area (Å²) >= 11 is 3.42. The lowest BCUT2D eigenvalue weighted by Crippen LogP contribution is -2.44. The van der Waals surface area contributed by atoms with E-state index in [-0.39, 0.29) is 17.9 Å². The summed E-state index contributed by atoms with van der Waals surface area (Å²) in [5, 5.41) is 4.06. The molecule has 1 heterocycles. The largest absolute Gasteiger partial charge is 0.339 e. The molecular weight excluding hydrogens is 382 g/mol. The molecule has 3 rings (SSSR count). The lowest BCUT2D eigenvalue weighted by molar-refractivity contribution is -0.140. The second kappa shape index (κ2) is 8.13. The summed E-state index contributed by atoms with van der Waals surface area (Å²) in [6, 6.07) is 8.04. The first-order chi connectivity index (χ1) is 12.1. The van der Waals surface area contributed by atoms with Crippen molar-refractivity contribution in [3.05, 3.63) is 34.6 Å². The van der Waals surface area contributed by atoms with Crippen LogP contribution in [-0.4, -0.2) is 33.5 Å². The summed E-state index contributed by atoms with van der Waals surface area (Å²) in [6.07, 6.45) is 4.77. The lowest BCUT2D eigenvalue weighted by Gasteiger charge is -2.35. The van der Waals surface area contributed by atoms with Gasteiger partial charge in [0, 0.05) is 35.0 Å². The number of carbonyl (C=O) groups is 1. The Morgan fingerprint density at radius 3 is 2.68 bits per heavy atom. The summed E-state index contributed by atoms with van der Waals surface area (Å²) in [5.74, 6) is 1.67. The van der Waals surface area contributed by atoms with Crippen LogP contribution < -0.4 is 0 Å². The van der Waals surface area contributed by atoms with E-state index in [0.29, 0.717) is 24.7 Å². The van der Waals surface area contributed by atoms with Gasteiger partial charge in [0.1, 0.15) is 0 Å². The van der Waals surface area contributed by atoms with Crippen LogP contribution in [0.2, 0.25) is 0 Å². The zero-order valence-electron chi connectivity index (χ0n) is 14.7. The van der Waals surface area contributed by atoms with Crippen LogP contribution in [0.3, 0.4) is 0 Å². The average Bonchev–Trinajstić information content (AvgIpc) is 3.02. The molecule has 1 fully saturated rings. The monoisotopic (exact) mass is 405 g/mol. The van der Waals surface area contributed by atoms with Crippen molar-refractivity contribution in [3.63, 3.8) is 0 Å². The summed E-state index contributed by atoms with van der Waals surface area (Å²) in [6.45, 7) is 4.86. The van der Waals surface area contributed by atoms with Gasteiger partial charge in [0.05, 0.1) is 0 Å². The van der Waals surface area contributed by atoms with Gasteiger partial charge in [-0.2, -0.15) is 4.98 Å². The number of carbonyl (C=O) groups excluding carboxylic acids is 1. The Kier molecular flexibility index (Phi) is 5.89. The van der Waals surface area contributed by atoms with Crippen LogP contribution in [-0.2, 0) is 11.2 Å². The number of benzene rings is 1. The molecule has 0 spiro atoms. The molecule has 0 unspecified atom stereocenters. The Labute approximate surface area is 156 Å². The topological polar surface area (TPSA) is 59.2 Å². The molecule has 6 heteroatoms. The van der Waals surface area contributed by atoms with Crippen LogP contribution in [0.4, 0.5) is 0 Å². The summed E-state index contributed by atoms with van der Waals surface area (Å²) in [7, 11) is 0. The summed E-state index contributed by atoms with van der Waals surface area (Å²) in [4.78, 5) is 19.1. The van der Waals surface area contributed by atoms with E-state index in [4.69, 9.17) is 4.52 Å². The van der Waals surface area contributed by atoms with Gasteiger partial charge in [0.25, 0.3) is 0 Å². The Bertz CT molecular complexity index is 710. The van der Waals surface area contributed by atoms with Crippen LogP contribution in [0.1, 0.15) is 45.4 Å². The highest BCUT2D eigenvalue weighted by molar-refractivity contribution is 9.10. The van der Waals surface area contributed by atoms with Gasteiger partial charge in [0.15, 0.2) is 0 Å². The average molecular weight is 406 g/mol. The Hall–Kier alpha value is -1.69. The summed E-state index contributed by atoms with van der Waals surface area (Å²) in [5.41, 5.74) is 0.919. The fraction of sp³-hybridized carbons (Fsp3) is 0.526. The van der Waals surface area contributed by atoms with Gasteiger partial charge >= 0.3 is 0 Å². The van der Waals surface area contributed by atoms with E-state index in [1.165, 1.54) is 6.42 Å². The normalized spacial score (nSPS) is 15.6. The molecule has 0 aliphatic heterocycles. The molecule has 1 aliphatic rings. The van der Waals surface area contributed by atoms with Crippen molar-refractivity contribution in [1.29, 1.82) is 0 Å². The second-order valence-electron chi connectivity index (χ2n) is 6.69. The van der Waals surface area contributed by atoms with E-state index in [9.17, 15) is 4.79 Å². The van der Waals surface area contributed by atoms with Crippen LogP contribution in [0.15, 0.2) is 33.3 Å². The van der Waals surface area contributed by atoms with Crippen molar-refractivity contribution in [3.8, 4) is 11.4 Å². The number of aromatic nitrogens is 2. The van der Waals surface area contributed by atoms with Crippen molar-refractivity contribution < 1.29 is 9.32 Å². The molecule has 5 nitrogen and oxygen atoms in total. The van der Waals surface area contributed by atoms with Gasteiger partial charge in [-0.25, -0.2) is 0 Å². The van der Waals surface area contributed by atoms with Gasteiger partial charge in [-0.1, -0.05) is 34.4 Å². The van der Waals surface area contributed by atoms with Gasteiger partial charge < -0.3 is 9.42 Å². The van der Waals surface area contributed by atoms with E-state index in [1.807, 2.05) is 29.2 Å². The van der Waals surface area contributed by atoms with Crippen LogP contribution >= 0.6 is 15.9 Å². The molecular formula is C19H24BrN3O2. The molecule has 0 radical (unpaired) electrons. The van der Waals surface area contributed by atoms with Gasteiger partial charge in [-0.15, -0.1) is 0 Å². The first kappa shape index (κ1) is 18.1. The molecule has 1 amide bonds. The maximum atomic E-state index is 12.7. The number of halogens is 1. The van der Waals surface area contributed by atoms with Crippen molar-refractivity contribution in [1.82, 2.24) is 15.0 Å². The smallest absolute Gasteiger partial charge is 0.228 e. The maximum Gasteiger partial charge on any atom is 0.228 e. The molecule has 1 saturated carbocycles. The Morgan fingerprint density at radius 2 is 2.08 bits per heavy atom. The van der Waals surface area contributed by atoms with E-state index < -0.39 is 0 Å². The van der Waals surface area contributed by atoms with E-state index in [0.717, 1.165) is 29.3 Å². The predicted molar refractivity (Wildman–Crippen MR) is 99.9 cm³/mol. The molecule has 25 heavy (non-hydrogen) atoms. The number of nitrogens with zero attached hydrogens (tertiary/aromatic N) is 3. The predicted octanol–water partition coefficient (Wildman–Crippen LogP) is 4.47. The number of hydrogen-bond donors (Lipinski definition) is 0. The van der Waals surface area contributed by atoms with E-state index in [1.54, 1.807) is 0 Å². The van der Waals surface area contributed by atoms with Crippen molar-refractivity contribution in [2.45, 2.75) is 52.0 Å². The second-order valence-corrected chi connectivity index (χ2v) is 7.60. The quantitative estimate of drug-likeness (QED) is 0.681. The highest BCUT2D eigenvalue weighted by atomic mass is 79.9. The first-order valence-corrected chi connectivity index (χ1v) is 9.76. The van der Waals surface area contributed by atoms with Crippen LogP contribution in [0.25, 0.3) is 11.4 Å². The number of rotatable bonds is 7. The minimum absolute atomic E-state index is 0.218. The molecule has 1 aliphatic carbocycles. The van der Waals surface area contributed by atoms with Crippen molar-refractivity contribution in [2.75, 3.05) is 6.54 Å². The molecule has 1 atom stereocenters. The minimum atomic E-state index is 0.218. The molecule has 2 aromatic rings. The minimum Gasteiger partial charge on any atom is -0.339 e. The third-order valence-corrected chi connectivity index (χ3v) is 5.53. The fourth-order valence-electron chi connectivity index (χ4n) is 2.95. The van der Waals surface area contributed by atoms with Crippen molar-refractivity contribution in [2.24, 2.45) is 5.92 Å². The first-order valence-electron chi connectivity index (χ1n) is 8.97. The number of amides is 1. The zero-order valence-corrected chi connectivity index (χ0v) is 16.3. The Morgan fingerprint density at radius 1 is 1.36 bits per heavy atom. The van der Waals surface area contributed by atoms with E-state index >= 15 is 0 Å². The van der Waals surface area contributed by atoms with Crippen LogP contribution in [0.5, 0.6) is 0 Å². The molecule has 134 valence electrons. The van der Waals surface area contributed by atoms with Gasteiger partial charge in [0.2, 0.25) is 17.6 Å². The molecule has 0 saturated heterocycles. The summed E-state index contributed by atoms with van der Waals surface area (Å²) < 4.78 is 6.40. The molecule has 0 bridgehead atoms. The third kappa shape index (κ3) is 4.29. The fourth-order valence-corrected chi connectivity index (χ4v) is 3.21. The maximum absolute atomic E-state index is 12.7. The van der Waals surface area contributed by atoms with E-state index in [2.05, 4.69) is 39.9 Å². The molecule has 1 aromatic heterocycles. The SMILES string of the molecule is CC[C@H](C)N(CCc1nc(-c2ccc(Br)cc2)no1)C(=O)C1CCC1. The van der Waals surface area contributed by atoms with Gasteiger partial charge in [-0.3, -0.25) is 4.79 Å². The lowest BCUT2D eigenvalue weighted by atomic mass is 9.84. The third-order valence-electron chi connectivity index (χ3n) is 5.00. The standard InChI is InChI=1S/C19H24BrN3O2/c1-3-13(2)23(19(24)15-5-4-6-15)12-11-17-21-18(22-25-17)14-7-9-16(20)10-8-14/h7-10,13,15H,3-6,11-12H2,1-2H3/t13-/m0/s1. The Balaban J connectivity index is 1.64.